The molecule has 1 fully saturated rings. The molecule has 0 N–H and O–H groups in total. The van der Waals surface area contributed by atoms with E-state index in [-0.39, 0.29) is 5.78 Å². The smallest absolute Gasteiger partial charge is 0.170 e. The number of rotatable bonds is 3. The van der Waals surface area contributed by atoms with E-state index in [0.29, 0.717) is 19.7 Å². The molecule has 88 valence electrons. The number of hydrogen-bond acceptors (Lipinski definition) is 4. The molecule has 0 aromatic heterocycles. The minimum atomic E-state index is -0.485. The molecule has 2 rings (SSSR count). The number of ketones is 1. The number of hydrogen-bond donors (Lipinski definition) is 0. The van der Waals surface area contributed by atoms with Gasteiger partial charge in [0.1, 0.15) is 11.7 Å². The summed E-state index contributed by atoms with van der Waals surface area (Å²) >= 11 is 0. The minimum Gasteiger partial charge on any atom is -0.494 e. The van der Waals surface area contributed by atoms with E-state index in [0.717, 1.165) is 11.4 Å². The van der Waals surface area contributed by atoms with Crippen LogP contribution in [0.25, 0.3) is 0 Å². The van der Waals surface area contributed by atoms with Gasteiger partial charge in [0.2, 0.25) is 0 Å². The maximum atomic E-state index is 11.5. The van der Waals surface area contributed by atoms with Crippen LogP contribution in [0.1, 0.15) is 6.92 Å². The van der Waals surface area contributed by atoms with E-state index in [9.17, 15) is 4.79 Å². The summed E-state index contributed by atoms with van der Waals surface area (Å²) in [6.45, 7) is 3.39. The molecule has 1 aliphatic rings. The number of carbonyl (C=O) groups excluding carboxylic acids is 1. The molecule has 0 unspecified atom stereocenters. The molecule has 1 aliphatic heterocycles. The molecule has 1 heterocycles. The van der Waals surface area contributed by atoms with E-state index in [1.54, 1.807) is 0 Å². The Balaban J connectivity index is 2.09. The van der Waals surface area contributed by atoms with Crippen LogP contribution in [0.3, 0.4) is 0 Å². The number of benzene rings is 1. The van der Waals surface area contributed by atoms with E-state index < -0.39 is 5.92 Å². The highest BCUT2D eigenvalue weighted by molar-refractivity contribution is 5.91. The molecule has 0 amide bonds. The van der Waals surface area contributed by atoms with Crippen molar-refractivity contribution in [2.75, 3.05) is 24.6 Å². The van der Waals surface area contributed by atoms with Crippen molar-refractivity contribution in [1.29, 1.82) is 5.26 Å². The number of ether oxygens (including phenoxy) is 1. The standard InChI is InChI=1S/C13H14N2O2/c1-2-17-12-5-3-11(4-6-12)15-8-10(7-14)13(16)9-15/h3-6,10H,2,8-9H2,1H3/t10-/m0/s1. The Kier molecular flexibility index (Phi) is 3.29. The lowest BCUT2D eigenvalue weighted by Gasteiger charge is -2.16. The van der Waals surface area contributed by atoms with Crippen molar-refractivity contribution < 1.29 is 9.53 Å². The fourth-order valence-corrected chi connectivity index (χ4v) is 1.91. The zero-order chi connectivity index (χ0) is 12.3. The van der Waals surface area contributed by atoms with Crippen molar-refractivity contribution in [2.24, 2.45) is 5.92 Å². The Labute approximate surface area is 100 Å². The van der Waals surface area contributed by atoms with E-state index >= 15 is 0 Å². The Morgan fingerprint density at radius 2 is 2.18 bits per heavy atom. The van der Waals surface area contributed by atoms with Crippen molar-refractivity contribution in [3.8, 4) is 11.8 Å². The van der Waals surface area contributed by atoms with E-state index in [4.69, 9.17) is 10.00 Å². The first kappa shape index (κ1) is 11.5. The van der Waals surface area contributed by atoms with Gasteiger partial charge in [0.05, 0.1) is 19.2 Å². The molecular formula is C13H14N2O2. The SMILES string of the molecule is CCOc1ccc(N2CC(=O)[C@@H](C#N)C2)cc1. The van der Waals surface area contributed by atoms with E-state index in [2.05, 4.69) is 0 Å². The Hall–Kier alpha value is -2.02. The number of anilines is 1. The van der Waals surface area contributed by atoms with Crippen LogP contribution in [-0.2, 0) is 4.79 Å². The third-order valence-corrected chi connectivity index (χ3v) is 2.81. The second-order valence-corrected chi connectivity index (χ2v) is 3.96. The normalized spacial score (nSPS) is 19.2. The molecule has 1 saturated heterocycles. The van der Waals surface area contributed by atoms with Gasteiger partial charge in [-0.3, -0.25) is 4.79 Å². The second-order valence-electron chi connectivity index (χ2n) is 3.96. The van der Waals surface area contributed by atoms with Gasteiger partial charge < -0.3 is 9.64 Å². The van der Waals surface area contributed by atoms with Crippen LogP contribution in [0, 0.1) is 17.2 Å². The monoisotopic (exact) mass is 230 g/mol. The van der Waals surface area contributed by atoms with Crippen LogP contribution < -0.4 is 9.64 Å². The number of Topliss-reactive ketones (excluding diaryl/α,β-unsaturated/α-hetero) is 1. The molecule has 0 radical (unpaired) electrons. The topological polar surface area (TPSA) is 53.3 Å². The summed E-state index contributed by atoms with van der Waals surface area (Å²) < 4.78 is 5.35. The van der Waals surface area contributed by atoms with Crippen molar-refractivity contribution in [1.82, 2.24) is 0 Å². The van der Waals surface area contributed by atoms with Gasteiger partial charge in [-0.1, -0.05) is 0 Å². The van der Waals surface area contributed by atoms with Gasteiger partial charge in [-0.05, 0) is 31.2 Å². The van der Waals surface area contributed by atoms with Gasteiger partial charge in [-0.15, -0.1) is 0 Å². The first-order chi connectivity index (χ1) is 8.24. The van der Waals surface area contributed by atoms with Gasteiger partial charge in [0, 0.05) is 12.2 Å². The first-order valence-electron chi connectivity index (χ1n) is 5.64. The highest BCUT2D eigenvalue weighted by atomic mass is 16.5. The summed E-state index contributed by atoms with van der Waals surface area (Å²) in [5.74, 6) is 0.335. The summed E-state index contributed by atoms with van der Waals surface area (Å²) in [5.41, 5.74) is 0.958. The highest BCUT2D eigenvalue weighted by Crippen LogP contribution is 2.23. The van der Waals surface area contributed by atoms with Gasteiger partial charge in [0.15, 0.2) is 5.78 Å². The van der Waals surface area contributed by atoms with Crippen LogP contribution in [0.2, 0.25) is 0 Å². The molecule has 1 atom stereocenters. The van der Waals surface area contributed by atoms with Crippen LogP contribution in [0.15, 0.2) is 24.3 Å². The predicted octanol–water partition coefficient (Wildman–Crippen LogP) is 1.61. The average Bonchev–Trinajstić information content (AvgIpc) is 2.72. The molecule has 4 heteroatoms. The maximum Gasteiger partial charge on any atom is 0.170 e. The third kappa shape index (κ3) is 2.39. The maximum absolute atomic E-state index is 11.5. The largest absolute Gasteiger partial charge is 0.494 e. The van der Waals surface area contributed by atoms with Crippen molar-refractivity contribution in [3.63, 3.8) is 0 Å². The summed E-state index contributed by atoms with van der Waals surface area (Å²) in [7, 11) is 0. The third-order valence-electron chi connectivity index (χ3n) is 2.81. The lowest BCUT2D eigenvalue weighted by atomic mass is 10.1. The van der Waals surface area contributed by atoms with Crippen LogP contribution >= 0.6 is 0 Å². The molecule has 0 aliphatic carbocycles. The molecule has 1 aromatic carbocycles. The average molecular weight is 230 g/mol. The molecule has 0 bridgehead atoms. The summed E-state index contributed by atoms with van der Waals surface area (Å²) in [6, 6.07) is 9.61. The van der Waals surface area contributed by atoms with Gasteiger partial charge in [-0.25, -0.2) is 0 Å². The fourth-order valence-electron chi connectivity index (χ4n) is 1.91. The fraction of sp³-hybridized carbons (Fsp3) is 0.385. The van der Waals surface area contributed by atoms with Crippen LogP contribution in [0.5, 0.6) is 5.75 Å². The van der Waals surface area contributed by atoms with Crippen LogP contribution in [-0.4, -0.2) is 25.5 Å². The van der Waals surface area contributed by atoms with Crippen molar-refractivity contribution in [3.05, 3.63) is 24.3 Å². The number of carbonyl (C=O) groups is 1. The molecule has 4 nitrogen and oxygen atoms in total. The number of nitrogens with zero attached hydrogens (tertiary/aromatic N) is 2. The number of nitriles is 1. The molecule has 0 saturated carbocycles. The van der Waals surface area contributed by atoms with Crippen LogP contribution in [0.4, 0.5) is 5.69 Å². The first-order valence-corrected chi connectivity index (χ1v) is 5.64. The predicted molar refractivity (Wildman–Crippen MR) is 63.9 cm³/mol. The molecular weight excluding hydrogens is 216 g/mol. The Bertz CT molecular complexity index is 447. The molecule has 1 aromatic rings. The quantitative estimate of drug-likeness (QED) is 0.791. The zero-order valence-electron chi connectivity index (χ0n) is 9.72. The lowest BCUT2D eigenvalue weighted by molar-refractivity contribution is -0.118. The zero-order valence-corrected chi connectivity index (χ0v) is 9.72. The minimum absolute atomic E-state index is 0.00128. The second kappa shape index (κ2) is 4.88. The lowest BCUT2D eigenvalue weighted by Crippen LogP contribution is -2.19. The van der Waals surface area contributed by atoms with Gasteiger partial charge >= 0.3 is 0 Å². The summed E-state index contributed by atoms with van der Waals surface area (Å²) in [4.78, 5) is 13.4. The van der Waals surface area contributed by atoms with Gasteiger partial charge in [0.25, 0.3) is 0 Å². The van der Waals surface area contributed by atoms with E-state index in [1.807, 2.05) is 42.2 Å². The highest BCUT2D eigenvalue weighted by Gasteiger charge is 2.30. The van der Waals surface area contributed by atoms with E-state index in [1.165, 1.54) is 0 Å². The molecule has 17 heavy (non-hydrogen) atoms. The van der Waals surface area contributed by atoms with Gasteiger partial charge in [-0.2, -0.15) is 5.26 Å². The summed E-state index contributed by atoms with van der Waals surface area (Å²) in [6.07, 6.45) is 0. The summed E-state index contributed by atoms with van der Waals surface area (Å²) in [5, 5.41) is 8.80. The van der Waals surface area contributed by atoms with Crippen molar-refractivity contribution in [2.45, 2.75) is 6.92 Å². The Morgan fingerprint density at radius 3 is 2.71 bits per heavy atom. The Morgan fingerprint density at radius 1 is 1.47 bits per heavy atom. The van der Waals surface area contributed by atoms with Crippen molar-refractivity contribution >= 4 is 11.5 Å². The molecule has 0 spiro atoms.